The minimum Gasteiger partial charge on any atom is -0.334 e. The van der Waals surface area contributed by atoms with E-state index in [-0.39, 0.29) is 17.8 Å². The van der Waals surface area contributed by atoms with Crippen molar-refractivity contribution in [2.24, 2.45) is 0 Å². The lowest BCUT2D eigenvalue weighted by Crippen LogP contribution is -2.39. The van der Waals surface area contributed by atoms with Crippen LogP contribution in [0.1, 0.15) is 41.1 Å². The van der Waals surface area contributed by atoms with Gasteiger partial charge in [-0.05, 0) is 49.1 Å². The predicted octanol–water partition coefficient (Wildman–Crippen LogP) is 3.09. The summed E-state index contributed by atoms with van der Waals surface area (Å²) in [7, 11) is -1.88. The molecule has 0 spiro atoms. The van der Waals surface area contributed by atoms with Crippen molar-refractivity contribution in [2.75, 3.05) is 13.6 Å². The number of rotatable bonds is 6. The third-order valence-corrected chi connectivity index (χ3v) is 6.53. The number of sulfonamides is 1. The zero-order chi connectivity index (χ0) is 20.1. The van der Waals surface area contributed by atoms with E-state index in [0.717, 1.165) is 24.9 Å². The quantitative estimate of drug-likeness (QED) is 0.781. The van der Waals surface area contributed by atoms with Crippen molar-refractivity contribution in [3.63, 3.8) is 0 Å². The first-order valence-electron chi connectivity index (χ1n) is 9.48. The SMILES string of the molecule is CNS(=O)(=O)Cc1ccc(CNC(=O)N2CCCC2c2ccccc2C)cc1. The fourth-order valence-corrected chi connectivity index (χ4v) is 4.39. The number of hydrogen-bond donors (Lipinski definition) is 2. The Morgan fingerprint density at radius 1 is 1.11 bits per heavy atom. The first kappa shape index (κ1) is 20.4. The number of carbonyl (C=O) groups excluding carboxylic acids is 1. The molecule has 1 aliphatic heterocycles. The van der Waals surface area contributed by atoms with Crippen molar-refractivity contribution in [1.29, 1.82) is 0 Å². The van der Waals surface area contributed by atoms with Gasteiger partial charge in [0.15, 0.2) is 0 Å². The maximum Gasteiger partial charge on any atom is 0.318 e. The van der Waals surface area contributed by atoms with E-state index in [4.69, 9.17) is 0 Å². The summed E-state index contributed by atoms with van der Waals surface area (Å²) in [5, 5.41) is 3.00. The highest BCUT2D eigenvalue weighted by Crippen LogP contribution is 2.33. The molecule has 2 aromatic carbocycles. The second-order valence-electron chi connectivity index (χ2n) is 7.15. The average Bonchev–Trinajstić information content (AvgIpc) is 3.17. The van der Waals surface area contributed by atoms with E-state index in [2.05, 4.69) is 29.1 Å². The molecule has 7 heteroatoms. The van der Waals surface area contributed by atoms with E-state index in [1.54, 1.807) is 12.1 Å². The molecule has 1 saturated heterocycles. The van der Waals surface area contributed by atoms with E-state index in [1.165, 1.54) is 18.2 Å². The Balaban J connectivity index is 1.60. The molecule has 1 fully saturated rings. The van der Waals surface area contributed by atoms with Gasteiger partial charge in [0.05, 0.1) is 11.8 Å². The summed E-state index contributed by atoms with van der Waals surface area (Å²) in [4.78, 5) is 14.6. The number of nitrogens with zero attached hydrogens (tertiary/aromatic N) is 1. The van der Waals surface area contributed by atoms with E-state index in [0.29, 0.717) is 12.1 Å². The zero-order valence-corrected chi connectivity index (χ0v) is 17.1. The van der Waals surface area contributed by atoms with Crippen LogP contribution >= 0.6 is 0 Å². The van der Waals surface area contributed by atoms with E-state index >= 15 is 0 Å². The first-order chi connectivity index (χ1) is 13.4. The minimum absolute atomic E-state index is 0.0535. The number of nitrogens with one attached hydrogen (secondary N) is 2. The van der Waals surface area contributed by atoms with Crippen LogP contribution in [0.3, 0.4) is 0 Å². The molecule has 2 aromatic rings. The molecule has 150 valence electrons. The maximum atomic E-state index is 12.7. The van der Waals surface area contributed by atoms with Crippen LogP contribution in [0.25, 0.3) is 0 Å². The molecule has 1 aliphatic rings. The van der Waals surface area contributed by atoms with Crippen molar-refractivity contribution in [3.05, 3.63) is 70.8 Å². The third kappa shape index (κ3) is 4.91. The van der Waals surface area contributed by atoms with Gasteiger partial charge in [-0.25, -0.2) is 17.9 Å². The maximum absolute atomic E-state index is 12.7. The summed E-state index contributed by atoms with van der Waals surface area (Å²) in [6.45, 7) is 3.25. The highest BCUT2D eigenvalue weighted by Gasteiger charge is 2.30. The van der Waals surface area contributed by atoms with E-state index in [1.807, 2.05) is 29.2 Å². The molecule has 1 atom stereocenters. The van der Waals surface area contributed by atoms with Crippen LogP contribution in [0.5, 0.6) is 0 Å². The molecule has 28 heavy (non-hydrogen) atoms. The monoisotopic (exact) mass is 401 g/mol. The molecule has 0 aliphatic carbocycles. The Hall–Kier alpha value is -2.38. The smallest absolute Gasteiger partial charge is 0.318 e. The van der Waals surface area contributed by atoms with Crippen LogP contribution in [0, 0.1) is 6.92 Å². The van der Waals surface area contributed by atoms with Gasteiger partial charge in [-0.15, -0.1) is 0 Å². The van der Waals surface area contributed by atoms with E-state index < -0.39 is 10.0 Å². The number of aryl methyl sites for hydroxylation is 1. The Morgan fingerprint density at radius 3 is 2.46 bits per heavy atom. The number of likely N-dealkylation sites (tertiary alicyclic amines) is 1. The number of urea groups is 1. The van der Waals surface area contributed by atoms with Crippen molar-refractivity contribution in [2.45, 2.75) is 38.1 Å². The largest absolute Gasteiger partial charge is 0.334 e. The number of hydrogen-bond acceptors (Lipinski definition) is 3. The van der Waals surface area contributed by atoms with Gasteiger partial charge >= 0.3 is 6.03 Å². The number of carbonyl (C=O) groups is 1. The third-order valence-electron chi connectivity index (χ3n) is 5.20. The zero-order valence-electron chi connectivity index (χ0n) is 16.3. The first-order valence-corrected chi connectivity index (χ1v) is 11.1. The fourth-order valence-electron chi connectivity index (χ4n) is 3.62. The highest BCUT2D eigenvalue weighted by atomic mass is 32.2. The van der Waals surface area contributed by atoms with Crippen molar-refractivity contribution >= 4 is 16.1 Å². The van der Waals surface area contributed by atoms with Crippen LogP contribution in [0.4, 0.5) is 4.79 Å². The summed E-state index contributed by atoms with van der Waals surface area (Å²) in [5.41, 5.74) is 4.07. The topological polar surface area (TPSA) is 78.5 Å². The molecular weight excluding hydrogens is 374 g/mol. The molecule has 0 bridgehead atoms. The molecule has 1 unspecified atom stereocenters. The van der Waals surface area contributed by atoms with Gasteiger partial charge in [-0.1, -0.05) is 48.5 Å². The Kier molecular flexibility index (Phi) is 6.36. The van der Waals surface area contributed by atoms with Gasteiger partial charge in [0.25, 0.3) is 0 Å². The normalized spacial score (nSPS) is 16.9. The molecule has 0 saturated carbocycles. The van der Waals surface area contributed by atoms with Gasteiger partial charge in [0.2, 0.25) is 10.0 Å². The van der Waals surface area contributed by atoms with Crippen molar-refractivity contribution < 1.29 is 13.2 Å². The summed E-state index contributed by atoms with van der Waals surface area (Å²) in [6.07, 6.45) is 1.98. The molecule has 3 rings (SSSR count). The summed E-state index contributed by atoms with van der Waals surface area (Å²) < 4.78 is 25.5. The van der Waals surface area contributed by atoms with E-state index in [9.17, 15) is 13.2 Å². The Morgan fingerprint density at radius 2 is 1.79 bits per heavy atom. The second-order valence-corrected chi connectivity index (χ2v) is 9.07. The summed E-state index contributed by atoms with van der Waals surface area (Å²) >= 11 is 0. The summed E-state index contributed by atoms with van der Waals surface area (Å²) in [6, 6.07) is 15.5. The van der Waals surface area contributed by atoms with Gasteiger partial charge < -0.3 is 10.2 Å². The van der Waals surface area contributed by atoms with Crippen LogP contribution in [-0.2, 0) is 22.3 Å². The van der Waals surface area contributed by atoms with Gasteiger partial charge in [0, 0.05) is 13.1 Å². The molecule has 1 heterocycles. The molecule has 2 N–H and O–H groups in total. The molecule has 6 nitrogen and oxygen atoms in total. The average molecular weight is 402 g/mol. The number of amides is 2. The van der Waals surface area contributed by atoms with Gasteiger partial charge in [-0.2, -0.15) is 0 Å². The fraction of sp³-hybridized carbons (Fsp3) is 0.381. The van der Waals surface area contributed by atoms with Gasteiger partial charge in [0.1, 0.15) is 0 Å². The lowest BCUT2D eigenvalue weighted by atomic mass is 9.99. The van der Waals surface area contributed by atoms with Crippen molar-refractivity contribution in [1.82, 2.24) is 14.9 Å². The van der Waals surface area contributed by atoms with Crippen LogP contribution in [0.2, 0.25) is 0 Å². The van der Waals surface area contributed by atoms with Crippen LogP contribution < -0.4 is 10.0 Å². The Bertz CT molecular complexity index is 926. The molecule has 2 amide bonds. The molecular formula is C21H27N3O3S. The van der Waals surface area contributed by atoms with Crippen LogP contribution in [0.15, 0.2) is 48.5 Å². The number of benzene rings is 2. The molecule has 0 radical (unpaired) electrons. The second kappa shape index (κ2) is 8.75. The standard InChI is InChI=1S/C21H27N3O3S/c1-16-6-3-4-7-19(16)20-8-5-13-24(20)21(25)23-14-17-9-11-18(12-10-17)15-28(26,27)22-2/h3-4,6-7,9-12,20,22H,5,8,13-15H2,1-2H3,(H,23,25). The molecule has 0 aromatic heterocycles. The predicted molar refractivity (Wildman–Crippen MR) is 110 cm³/mol. The minimum atomic E-state index is -3.28. The lowest BCUT2D eigenvalue weighted by molar-refractivity contribution is 0.192. The Labute approximate surface area is 167 Å². The van der Waals surface area contributed by atoms with Gasteiger partial charge in [-0.3, -0.25) is 0 Å². The van der Waals surface area contributed by atoms with Crippen molar-refractivity contribution in [3.8, 4) is 0 Å². The summed E-state index contributed by atoms with van der Waals surface area (Å²) in [5.74, 6) is -0.0535. The van der Waals surface area contributed by atoms with Crippen LogP contribution in [-0.4, -0.2) is 32.9 Å². The lowest BCUT2D eigenvalue weighted by Gasteiger charge is -2.26. The highest BCUT2D eigenvalue weighted by molar-refractivity contribution is 7.88.